The number of carbonyl (C=O) groups is 1. The summed E-state index contributed by atoms with van der Waals surface area (Å²) in [6.07, 6.45) is 5.81. The molecule has 1 amide bonds. The summed E-state index contributed by atoms with van der Waals surface area (Å²) in [6.45, 7) is 1.96. The topological polar surface area (TPSA) is 61.4 Å². The van der Waals surface area contributed by atoms with Crippen LogP contribution in [-0.2, 0) is 17.8 Å². The van der Waals surface area contributed by atoms with Gasteiger partial charge in [0.1, 0.15) is 22.8 Å². The molecule has 0 spiro atoms. The van der Waals surface area contributed by atoms with Gasteiger partial charge in [-0.15, -0.1) is 11.3 Å². The molecule has 3 aromatic rings. The third kappa shape index (κ3) is 4.38. The Bertz CT molecular complexity index is 1130. The molecule has 0 aliphatic carbocycles. The number of amides is 1. The molecule has 9 heteroatoms. The summed E-state index contributed by atoms with van der Waals surface area (Å²) in [5.74, 6) is 0.410. The largest absolute Gasteiger partial charge is 0.340 e. The fourth-order valence-electron chi connectivity index (χ4n) is 3.39. The van der Waals surface area contributed by atoms with E-state index in [1.54, 1.807) is 29.5 Å². The minimum atomic E-state index is -0.314. The van der Waals surface area contributed by atoms with Crippen LogP contribution >= 0.6 is 27.3 Å². The lowest BCUT2D eigenvalue weighted by Gasteiger charge is -2.26. The highest BCUT2D eigenvalue weighted by Crippen LogP contribution is 2.38. The third-order valence-electron chi connectivity index (χ3n) is 4.86. The maximum atomic E-state index is 13.5. The quantitative estimate of drug-likeness (QED) is 0.540. The van der Waals surface area contributed by atoms with Crippen molar-refractivity contribution in [2.24, 2.45) is 0 Å². The van der Waals surface area contributed by atoms with E-state index in [0.717, 1.165) is 33.7 Å². The Morgan fingerprint density at radius 3 is 3.00 bits per heavy atom. The van der Waals surface area contributed by atoms with Gasteiger partial charge in [0, 0.05) is 29.7 Å². The fraction of sp³-hybridized carbons (Fsp3) is 0.286. The summed E-state index contributed by atoms with van der Waals surface area (Å²) in [5, 5.41) is 4.27. The van der Waals surface area contributed by atoms with Crippen molar-refractivity contribution in [3.8, 4) is 0 Å². The minimum absolute atomic E-state index is 0.0283. The number of aromatic nitrogens is 2. The molecule has 4 rings (SSSR count). The predicted octanol–water partition coefficient (Wildman–Crippen LogP) is 4.34. The Morgan fingerprint density at radius 1 is 1.40 bits per heavy atom. The highest BCUT2D eigenvalue weighted by atomic mass is 79.9. The number of likely N-dealkylation sites (N-methyl/N-ethyl adjacent to an activating group) is 1. The van der Waals surface area contributed by atoms with Gasteiger partial charge in [-0.05, 0) is 60.2 Å². The first-order valence-corrected chi connectivity index (χ1v) is 11.1. The molecule has 156 valence electrons. The van der Waals surface area contributed by atoms with Gasteiger partial charge < -0.3 is 15.1 Å². The van der Waals surface area contributed by atoms with Gasteiger partial charge in [-0.1, -0.05) is 6.08 Å². The number of nitrogens with zero attached hydrogens (tertiary/aromatic N) is 4. The van der Waals surface area contributed by atoms with Gasteiger partial charge in [0.2, 0.25) is 5.91 Å². The van der Waals surface area contributed by atoms with Crippen LogP contribution in [0.1, 0.15) is 10.4 Å². The molecule has 0 saturated carbocycles. The third-order valence-corrected chi connectivity index (χ3v) is 6.59. The van der Waals surface area contributed by atoms with Crippen LogP contribution in [-0.4, -0.2) is 52.9 Å². The minimum Gasteiger partial charge on any atom is -0.340 e. The zero-order valence-electron chi connectivity index (χ0n) is 16.7. The second kappa shape index (κ2) is 8.79. The zero-order valence-corrected chi connectivity index (χ0v) is 19.1. The van der Waals surface area contributed by atoms with Crippen LogP contribution in [0.3, 0.4) is 0 Å². The summed E-state index contributed by atoms with van der Waals surface area (Å²) in [6, 6.07) is 4.76. The van der Waals surface area contributed by atoms with E-state index in [1.807, 2.05) is 30.0 Å². The molecule has 0 fully saturated rings. The first-order valence-electron chi connectivity index (χ1n) is 9.50. The number of halogens is 2. The molecule has 0 bridgehead atoms. The van der Waals surface area contributed by atoms with Gasteiger partial charge >= 0.3 is 0 Å². The zero-order chi connectivity index (χ0) is 21.3. The molecule has 0 radical (unpaired) electrons. The van der Waals surface area contributed by atoms with Crippen molar-refractivity contribution < 1.29 is 9.18 Å². The van der Waals surface area contributed by atoms with Crippen LogP contribution in [0.15, 0.2) is 41.2 Å². The second-order valence-electron chi connectivity index (χ2n) is 7.33. The molecule has 30 heavy (non-hydrogen) atoms. The molecule has 0 atom stereocenters. The molecule has 1 aliphatic rings. The number of hydrogen-bond donors (Lipinski definition) is 1. The number of benzene rings is 1. The van der Waals surface area contributed by atoms with Crippen molar-refractivity contribution >= 4 is 54.9 Å². The van der Waals surface area contributed by atoms with Crippen molar-refractivity contribution in [1.82, 2.24) is 19.8 Å². The summed E-state index contributed by atoms with van der Waals surface area (Å²) in [4.78, 5) is 27.3. The van der Waals surface area contributed by atoms with E-state index in [9.17, 15) is 9.18 Å². The van der Waals surface area contributed by atoms with Crippen LogP contribution in [0.5, 0.6) is 0 Å². The van der Waals surface area contributed by atoms with E-state index < -0.39 is 0 Å². The van der Waals surface area contributed by atoms with E-state index in [-0.39, 0.29) is 11.7 Å². The fourth-order valence-corrected chi connectivity index (χ4v) is 4.97. The first-order chi connectivity index (χ1) is 14.4. The Labute approximate surface area is 186 Å². The van der Waals surface area contributed by atoms with Gasteiger partial charge in [-0.25, -0.2) is 14.4 Å². The standard InChI is InChI=1S/C21H21BrFN5OS/c1-27(2)8-3-4-18(29)28-9-7-14-17(11-28)30-21-19(14)20(24-12-25-21)26-13-5-6-16(23)15(22)10-13/h3-6,10,12H,7-9,11H2,1-2H3,(H,24,25,26)/b4-3+. The van der Waals surface area contributed by atoms with Crippen molar-refractivity contribution in [3.63, 3.8) is 0 Å². The lowest BCUT2D eigenvalue weighted by molar-refractivity contribution is -0.126. The average Bonchev–Trinajstić information content (AvgIpc) is 3.09. The van der Waals surface area contributed by atoms with Crippen molar-refractivity contribution in [1.29, 1.82) is 0 Å². The van der Waals surface area contributed by atoms with E-state index in [4.69, 9.17) is 0 Å². The van der Waals surface area contributed by atoms with Gasteiger partial charge in [0.05, 0.1) is 16.4 Å². The number of carbonyl (C=O) groups excluding carboxylic acids is 1. The molecule has 3 heterocycles. The average molecular weight is 490 g/mol. The van der Waals surface area contributed by atoms with Gasteiger partial charge in [0.25, 0.3) is 0 Å². The molecular formula is C21H21BrFN5OS. The Kier molecular flexibility index (Phi) is 6.12. The maximum Gasteiger partial charge on any atom is 0.246 e. The Morgan fingerprint density at radius 2 is 2.23 bits per heavy atom. The molecular weight excluding hydrogens is 469 g/mol. The summed E-state index contributed by atoms with van der Waals surface area (Å²) < 4.78 is 13.9. The number of anilines is 2. The number of nitrogens with one attached hydrogen (secondary N) is 1. The van der Waals surface area contributed by atoms with Crippen LogP contribution < -0.4 is 5.32 Å². The van der Waals surface area contributed by atoms with E-state index in [0.29, 0.717) is 23.4 Å². The summed E-state index contributed by atoms with van der Waals surface area (Å²) in [7, 11) is 3.94. The van der Waals surface area contributed by atoms with E-state index >= 15 is 0 Å². The molecule has 1 aromatic carbocycles. The SMILES string of the molecule is CN(C)C/C=C/C(=O)N1CCc2c(sc3ncnc(Nc4ccc(F)c(Br)c4)c23)C1. The molecule has 1 N–H and O–H groups in total. The highest BCUT2D eigenvalue weighted by molar-refractivity contribution is 9.10. The normalized spacial score (nSPS) is 14.0. The van der Waals surface area contributed by atoms with Gasteiger partial charge in [0.15, 0.2) is 0 Å². The summed E-state index contributed by atoms with van der Waals surface area (Å²) in [5.41, 5.74) is 1.92. The lowest BCUT2D eigenvalue weighted by atomic mass is 10.0. The van der Waals surface area contributed by atoms with E-state index in [1.165, 1.54) is 18.0 Å². The number of hydrogen-bond acceptors (Lipinski definition) is 6. The first kappa shape index (κ1) is 20.9. The van der Waals surface area contributed by atoms with Crippen molar-refractivity contribution in [3.05, 3.63) is 57.4 Å². The maximum absolute atomic E-state index is 13.5. The number of rotatable bonds is 5. The lowest BCUT2D eigenvalue weighted by Crippen LogP contribution is -2.34. The van der Waals surface area contributed by atoms with Crippen molar-refractivity contribution in [2.75, 3.05) is 32.5 Å². The summed E-state index contributed by atoms with van der Waals surface area (Å²) >= 11 is 4.81. The van der Waals surface area contributed by atoms with Crippen LogP contribution in [0.2, 0.25) is 0 Å². The molecule has 1 aliphatic heterocycles. The van der Waals surface area contributed by atoms with Gasteiger partial charge in [-0.3, -0.25) is 4.79 Å². The van der Waals surface area contributed by atoms with Crippen molar-refractivity contribution in [2.45, 2.75) is 13.0 Å². The second-order valence-corrected chi connectivity index (χ2v) is 9.27. The highest BCUT2D eigenvalue weighted by Gasteiger charge is 2.25. The predicted molar refractivity (Wildman–Crippen MR) is 122 cm³/mol. The molecule has 6 nitrogen and oxygen atoms in total. The van der Waals surface area contributed by atoms with Crippen LogP contribution in [0, 0.1) is 5.82 Å². The molecule has 0 unspecified atom stereocenters. The molecule has 2 aromatic heterocycles. The Balaban J connectivity index is 1.59. The Hall–Kier alpha value is -2.36. The van der Waals surface area contributed by atoms with Gasteiger partial charge in [-0.2, -0.15) is 0 Å². The smallest absolute Gasteiger partial charge is 0.246 e. The van der Waals surface area contributed by atoms with E-state index in [2.05, 4.69) is 31.2 Å². The number of thiophene rings is 1. The van der Waals surface area contributed by atoms with Crippen LogP contribution in [0.4, 0.5) is 15.9 Å². The van der Waals surface area contributed by atoms with Crippen LogP contribution in [0.25, 0.3) is 10.2 Å². The molecule has 0 saturated heterocycles. The monoisotopic (exact) mass is 489 g/mol. The number of fused-ring (bicyclic) bond motifs is 3.